The van der Waals surface area contributed by atoms with Crippen molar-refractivity contribution in [2.45, 2.75) is 32.4 Å². The van der Waals surface area contributed by atoms with Crippen molar-refractivity contribution < 1.29 is 4.55 Å². The minimum atomic E-state index is -1.20. The topological polar surface area (TPSA) is 35.4 Å². The molecule has 0 fully saturated rings. The van der Waals surface area contributed by atoms with Crippen molar-refractivity contribution in [2.24, 2.45) is 4.40 Å². The Kier molecular flexibility index (Phi) is 3.94. The summed E-state index contributed by atoms with van der Waals surface area (Å²) < 4.78 is 15.6. The maximum atomic E-state index is 11.8. The summed E-state index contributed by atoms with van der Waals surface area (Å²) >= 11 is -1.20. The molecule has 1 atom stereocenters. The van der Waals surface area contributed by atoms with Crippen molar-refractivity contribution >= 4 is 17.1 Å². The zero-order valence-electron chi connectivity index (χ0n) is 9.57. The molecular weight excluding hydrogens is 206 g/mol. The van der Waals surface area contributed by atoms with Crippen LogP contribution >= 0.6 is 0 Å². The highest BCUT2D eigenvalue weighted by molar-refractivity contribution is 7.91. The van der Waals surface area contributed by atoms with E-state index in [0.717, 1.165) is 11.3 Å². The number of rotatable bonds is 2. The van der Waals surface area contributed by atoms with Crippen molar-refractivity contribution in [3.05, 3.63) is 35.9 Å². The van der Waals surface area contributed by atoms with Crippen LogP contribution in [0.4, 0.5) is 0 Å². The first-order chi connectivity index (χ1) is 6.91. The van der Waals surface area contributed by atoms with Gasteiger partial charge in [0.05, 0.1) is 5.71 Å². The average Bonchev–Trinajstić information content (AvgIpc) is 2.17. The molecule has 0 amide bonds. The molecular formula is C12H16NOS. The van der Waals surface area contributed by atoms with E-state index in [0.29, 0.717) is 0 Å². The van der Waals surface area contributed by atoms with Crippen LogP contribution in [0.25, 0.3) is 0 Å². The Morgan fingerprint density at radius 3 is 2.53 bits per heavy atom. The lowest BCUT2D eigenvalue weighted by molar-refractivity contribution is 0.561. The number of nitrogens with zero attached hydrogens (tertiary/aromatic N) is 1. The summed E-state index contributed by atoms with van der Waals surface area (Å²) in [6.45, 7) is 7.59. The molecule has 0 aliphatic carbocycles. The first-order valence-electron chi connectivity index (χ1n) is 4.85. The van der Waals surface area contributed by atoms with Crippen LogP contribution in [0.2, 0.25) is 0 Å². The summed E-state index contributed by atoms with van der Waals surface area (Å²) in [5, 5.41) is 0. The van der Waals surface area contributed by atoms with Gasteiger partial charge in [0, 0.05) is 5.56 Å². The molecule has 3 heteroatoms. The van der Waals surface area contributed by atoms with Gasteiger partial charge in [-0.25, -0.2) is 0 Å². The first-order valence-corrected chi connectivity index (χ1v) is 5.96. The predicted molar refractivity (Wildman–Crippen MR) is 65.4 cm³/mol. The average molecular weight is 222 g/mol. The van der Waals surface area contributed by atoms with Crippen LogP contribution in [0.5, 0.6) is 0 Å². The van der Waals surface area contributed by atoms with Crippen LogP contribution in [0.3, 0.4) is 0 Å². The van der Waals surface area contributed by atoms with Gasteiger partial charge in [-0.15, -0.1) is 0 Å². The third kappa shape index (κ3) is 3.68. The molecule has 0 aliphatic rings. The Hall–Kier alpha value is -0.800. The fraction of sp³-hybridized carbons (Fsp3) is 0.417. The second-order valence-corrected chi connectivity index (χ2v) is 6.22. The minimum Gasteiger partial charge on any atom is -0.591 e. The van der Waals surface area contributed by atoms with Gasteiger partial charge in [-0.3, -0.25) is 0 Å². The Bertz CT molecular complexity index is 340. The summed E-state index contributed by atoms with van der Waals surface area (Å²) in [5.41, 5.74) is 1.67. The SMILES string of the molecule is C/C(=N/[S+]([O-])C(C)(C)C)c1[c]cccc1. The highest BCUT2D eigenvalue weighted by atomic mass is 32.2. The molecule has 0 heterocycles. The smallest absolute Gasteiger partial charge is 0.144 e. The Morgan fingerprint density at radius 1 is 1.40 bits per heavy atom. The van der Waals surface area contributed by atoms with Crippen molar-refractivity contribution in [3.8, 4) is 0 Å². The fourth-order valence-electron chi connectivity index (χ4n) is 0.929. The summed E-state index contributed by atoms with van der Waals surface area (Å²) in [7, 11) is 0. The van der Waals surface area contributed by atoms with E-state index in [2.05, 4.69) is 10.5 Å². The summed E-state index contributed by atoms with van der Waals surface area (Å²) in [6.07, 6.45) is 0. The largest absolute Gasteiger partial charge is 0.591 e. The van der Waals surface area contributed by atoms with Crippen LogP contribution in [-0.2, 0) is 11.4 Å². The Morgan fingerprint density at radius 2 is 2.07 bits per heavy atom. The van der Waals surface area contributed by atoms with E-state index in [9.17, 15) is 4.55 Å². The maximum absolute atomic E-state index is 11.8. The van der Waals surface area contributed by atoms with Crippen molar-refractivity contribution in [3.63, 3.8) is 0 Å². The fourth-order valence-corrected chi connectivity index (χ4v) is 1.55. The summed E-state index contributed by atoms with van der Waals surface area (Å²) in [6, 6.07) is 10.6. The minimum absolute atomic E-state index is 0.309. The molecule has 81 valence electrons. The normalized spacial score (nSPS) is 15.1. The zero-order valence-corrected chi connectivity index (χ0v) is 10.4. The molecule has 1 aromatic rings. The molecule has 1 aromatic carbocycles. The van der Waals surface area contributed by atoms with Gasteiger partial charge in [-0.05, 0) is 33.8 Å². The molecule has 0 saturated carbocycles. The van der Waals surface area contributed by atoms with E-state index in [4.69, 9.17) is 0 Å². The molecule has 0 bridgehead atoms. The third-order valence-electron chi connectivity index (χ3n) is 1.84. The van der Waals surface area contributed by atoms with Crippen molar-refractivity contribution in [2.75, 3.05) is 0 Å². The van der Waals surface area contributed by atoms with Crippen LogP contribution < -0.4 is 0 Å². The maximum Gasteiger partial charge on any atom is 0.144 e. The van der Waals surface area contributed by atoms with Crippen LogP contribution in [0.15, 0.2) is 28.7 Å². The van der Waals surface area contributed by atoms with Gasteiger partial charge >= 0.3 is 0 Å². The second kappa shape index (κ2) is 4.81. The van der Waals surface area contributed by atoms with E-state index in [1.807, 2.05) is 52.0 Å². The molecule has 1 rings (SSSR count). The van der Waals surface area contributed by atoms with Crippen molar-refractivity contribution in [1.29, 1.82) is 0 Å². The monoisotopic (exact) mass is 222 g/mol. The number of benzene rings is 1. The number of hydrogen-bond acceptors (Lipinski definition) is 2. The lowest BCUT2D eigenvalue weighted by atomic mass is 10.1. The standard InChI is InChI=1S/C12H16NOS/c1-10(11-8-6-5-7-9-11)13-15(14)12(2,3)4/h5-8H,1-4H3/b13-10-. The third-order valence-corrected chi connectivity index (χ3v) is 3.33. The summed E-state index contributed by atoms with van der Waals surface area (Å²) in [5.74, 6) is 0. The molecule has 0 aliphatic heterocycles. The van der Waals surface area contributed by atoms with Gasteiger partial charge < -0.3 is 4.55 Å². The van der Waals surface area contributed by atoms with Crippen LogP contribution in [0, 0.1) is 6.07 Å². The number of hydrogen-bond donors (Lipinski definition) is 0. The van der Waals surface area contributed by atoms with Gasteiger partial charge in [0.15, 0.2) is 0 Å². The molecule has 0 N–H and O–H groups in total. The van der Waals surface area contributed by atoms with E-state index in [1.54, 1.807) is 0 Å². The molecule has 1 radical (unpaired) electrons. The molecule has 0 spiro atoms. The molecule has 0 saturated heterocycles. The molecule has 2 nitrogen and oxygen atoms in total. The van der Waals surface area contributed by atoms with Gasteiger partial charge in [0.2, 0.25) is 0 Å². The zero-order chi connectivity index (χ0) is 11.5. The molecule has 1 unspecified atom stereocenters. The lowest BCUT2D eigenvalue weighted by Gasteiger charge is -2.18. The Balaban J connectivity index is 2.86. The lowest BCUT2D eigenvalue weighted by Crippen LogP contribution is -2.26. The van der Waals surface area contributed by atoms with Crippen molar-refractivity contribution in [1.82, 2.24) is 0 Å². The van der Waals surface area contributed by atoms with Crippen LogP contribution in [0.1, 0.15) is 33.3 Å². The van der Waals surface area contributed by atoms with E-state index in [-0.39, 0.29) is 4.75 Å². The van der Waals surface area contributed by atoms with E-state index in [1.165, 1.54) is 0 Å². The van der Waals surface area contributed by atoms with Gasteiger partial charge in [-0.1, -0.05) is 28.7 Å². The summed E-state index contributed by atoms with van der Waals surface area (Å²) in [4.78, 5) is 0. The van der Waals surface area contributed by atoms with Gasteiger partial charge in [-0.2, -0.15) is 0 Å². The highest BCUT2D eigenvalue weighted by Crippen LogP contribution is 2.18. The van der Waals surface area contributed by atoms with Crippen LogP contribution in [-0.4, -0.2) is 15.0 Å². The molecule has 15 heavy (non-hydrogen) atoms. The second-order valence-electron chi connectivity index (χ2n) is 4.31. The molecule has 0 aromatic heterocycles. The van der Waals surface area contributed by atoms with E-state index >= 15 is 0 Å². The predicted octanol–water partition coefficient (Wildman–Crippen LogP) is 2.76. The Labute approximate surface area is 94.7 Å². The quantitative estimate of drug-likeness (QED) is 0.560. The van der Waals surface area contributed by atoms with Gasteiger partial charge in [0.1, 0.15) is 16.1 Å². The highest BCUT2D eigenvalue weighted by Gasteiger charge is 2.26. The van der Waals surface area contributed by atoms with E-state index < -0.39 is 11.4 Å². The van der Waals surface area contributed by atoms with Gasteiger partial charge in [0.25, 0.3) is 0 Å². The first kappa shape index (κ1) is 12.3.